The quantitative estimate of drug-likeness (QED) is 0.181. The molecule has 19 heteroatoms. The van der Waals surface area contributed by atoms with Crippen molar-refractivity contribution in [2.45, 2.75) is 108 Å². The van der Waals surface area contributed by atoms with Gasteiger partial charge in [0.05, 0.1) is 7.11 Å². The zero-order valence-corrected chi connectivity index (χ0v) is 31.2. The van der Waals surface area contributed by atoms with Crippen LogP contribution >= 0.6 is 11.8 Å². The second-order valence-corrected chi connectivity index (χ2v) is 12.9. The Kier molecular flexibility index (Phi) is 16.5. The Morgan fingerprint density at radius 2 is 1.08 bits per heavy atom. The lowest BCUT2D eigenvalue weighted by molar-refractivity contribution is -0.355. The molecule has 2 heterocycles. The summed E-state index contributed by atoms with van der Waals surface area (Å²) in [4.78, 5) is 86.9. The van der Waals surface area contributed by atoms with Crippen LogP contribution in [0.5, 0.6) is 0 Å². The first kappa shape index (κ1) is 43.1. The van der Waals surface area contributed by atoms with Gasteiger partial charge in [0.25, 0.3) is 0 Å². The molecule has 0 N–H and O–H groups in total. The Hall–Kier alpha value is -4.30. The summed E-state index contributed by atoms with van der Waals surface area (Å²) in [6.07, 6.45) is -14.8. The average molecular weight is 773 g/mol. The van der Waals surface area contributed by atoms with Crippen LogP contribution in [0.3, 0.4) is 0 Å². The Balaban J connectivity index is 2.16. The van der Waals surface area contributed by atoms with E-state index in [4.69, 9.17) is 52.1 Å². The van der Waals surface area contributed by atoms with Crippen molar-refractivity contribution in [2.75, 3.05) is 26.6 Å². The molecule has 2 aliphatic heterocycles. The van der Waals surface area contributed by atoms with E-state index >= 15 is 0 Å². The van der Waals surface area contributed by atoms with Gasteiger partial charge in [-0.25, -0.2) is 0 Å². The normalized spacial score (nSPS) is 28.7. The third kappa shape index (κ3) is 12.4. The summed E-state index contributed by atoms with van der Waals surface area (Å²) in [5.74, 6) is -5.68. The summed E-state index contributed by atoms with van der Waals surface area (Å²) in [6.45, 7) is 6.04. The van der Waals surface area contributed by atoms with Crippen molar-refractivity contribution in [2.24, 2.45) is 0 Å². The Morgan fingerprint density at radius 3 is 1.57 bits per heavy atom. The Labute approximate surface area is 309 Å². The summed E-state index contributed by atoms with van der Waals surface area (Å²) in [6, 6.07) is 8.63. The van der Waals surface area contributed by atoms with Gasteiger partial charge in [0.1, 0.15) is 30.2 Å². The van der Waals surface area contributed by atoms with Crippen molar-refractivity contribution in [3.8, 4) is 0 Å². The van der Waals surface area contributed by atoms with E-state index in [0.717, 1.165) is 53.3 Å². The molecule has 2 aliphatic rings. The number of thioether (sulfide) groups is 1. The molecule has 0 spiro atoms. The zero-order chi connectivity index (χ0) is 39.4. The number of ether oxygens (including phenoxy) is 11. The van der Waals surface area contributed by atoms with Gasteiger partial charge in [0, 0.05) is 54.4 Å². The maximum absolute atomic E-state index is 12.9. The topological polar surface area (TPSA) is 221 Å². The number of esters is 7. The van der Waals surface area contributed by atoms with Crippen molar-refractivity contribution in [1.29, 1.82) is 0 Å². The molecule has 1 aromatic rings. The van der Waals surface area contributed by atoms with E-state index in [1.807, 2.05) is 0 Å². The second-order valence-electron chi connectivity index (χ2n) is 11.7. The fourth-order valence-corrected chi connectivity index (χ4v) is 6.92. The van der Waals surface area contributed by atoms with Crippen LogP contribution in [0.4, 0.5) is 0 Å². The van der Waals surface area contributed by atoms with Crippen LogP contribution in [0.2, 0.25) is 0 Å². The molecule has 1 aromatic carbocycles. The summed E-state index contributed by atoms with van der Waals surface area (Å²) in [7, 11) is 2.45. The molecule has 0 aliphatic carbocycles. The molecule has 1 unspecified atom stereocenters. The van der Waals surface area contributed by atoms with Gasteiger partial charge in [-0.2, -0.15) is 0 Å². The SMILES string of the molecule is COC(=O)C(SC[C@H]1O[C@@H](O[C@H]2[C@H](OC(C)=O)[C@@H](OC(C)=O)[C@H](OC)O[C@@H]2COC(C)=O)[C@H](OC(C)=O)[C@@H](OC(C)=O)[C@H]1OC(C)=O)c1ccccc1. The lowest BCUT2D eigenvalue weighted by Crippen LogP contribution is -2.67. The minimum atomic E-state index is -1.74. The molecule has 0 radical (unpaired) electrons. The van der Waals surface area contributed by atoms with Crippen LogP contribution in [0.15, 0.2) is 30.3 Å². The number of benzene rings is 1. The molecule has 3 rings (SSSR count). The van der Waals surface area contributed by atoms with Gasteiger partial charge in [0.2, 0.25) is 0 Å². The van der Waals surface area contributed by atoms with Crippen LogP contribution in [-0.4, -0.2) is 130 Å². The van der Waals surface area contributed by atoms with Gasteiger partial charge in [-0.3, -0.25) is 33.6 Å². The summed E-state index contributed by atoms with van der Waals surface area (Å²) in [5.41, 5.74) is 0.576. The van der Waals surface area contributed by atoms with Gasteiger partial charge < -0.3 is 52.1 Å². The molecule has 11 atom stereocenters. The average Bonchev–Trinajstić information content (AvgIpc) is 3.07. The number of rotatable bonds is 15. The molecule has 18 nitrogen and oxygen atoms in total. The first-order valence-corrected chi connectivity index (χ1v) is 17.3. The highest BCUT2D eigenvalue weighted by Gasteiger charge is 2.57. The zero-order valence-electron chi connectivity index (χ0n) is 30.4. The molecule has 0 aromatic heterocycles. The number of hydrogen-bond donors (Lipinski definition) is 0. The highest BCUT2D eigenvalue weighted by Crippen LogP contribution is 2.38. The summed E-state index contributed by atoms with van der Waals surface area (Å²) >= 11 is 1.04. The molecular weight excluding hydrogens is 728 g/mol. The highest BCUT2D eigenvalue weighted by molar-refractivity contribution is 8.00. The molecule has 294 valence electrons. The maximum Gasteiger partial charge on any atom is 0.323 e. The van der Waals surface area contributed by atoms with Gasteiger partial charge in [-0.15, -0.1) is 11.8 Å². The summed E-state index contributed by atoms with van der Waals surface area (Å²) < 4.78 is 62.1. The van der Waals surface area contributed by atoms with E-state index < -0.39 is 115 Å². The summed E-state index contributed by atoms with van der Waals surface area (Å²) in [5, 5.41) is -0.899. The first-order valence-electron chi connectivity index (χ1n) is 16.3. The van der Waals surface area contributed by atoms with Crippen LogP contribution in [0.1, 0.15) is 52.4 Å². The molecule has 0 saturated carbocycles. The van der Waals surface area contributed by atoms with E-state index in [2.05, 4.69) is 0 Å². The fourth-order valence-electron chi connectivity index (χ4n) is 5.69. The molecule has 2 fully saturated rings. The van der Waals surface area contributed by atoms with Crippen LogP contribution < -0.4 is 0 Å². The second kappa shape index (κ2) is 20.2. The third-order valence-corrected chi connectivity index (χ3v) is 8.93. The Bertz CT molecular complexity index is 1450. The van der Waals surface area contributed by atoms with E-state index in [0.29, 0.717) is 5.56 Å². The van der Waals surface area contributed by atoms with Crippen molar-refractivity contribution in [3.05, 3.63) is 35.9 Å². The van der Waals surface area contributed by atoms with Crippen LogP contribution in [-0.2, 0) is 85.7 Å². The van der Waals surface area contributed by atoms with E-state index in [-0.39, 0.29) is 5.75 Å². The van der Waals surface area contributed by atoms with Gasteiger partial charge in [0.15, 0.2) is 43.1 Å². The predicted octanol–water partition coefficient (Wildman–Crippen LogP) is 1.34. The van der Waals surface area contributed by atoms with Gasteiger partial charge in [-0.1, -0.05) is 30.3 Å². The van der Waals surface area contributed by atoms with Crippen LogP contribution in [0.25, 0.3) is 0 Å². The largest absolute Gasteiger partial charge is 0.468 e. The molecule has 0 amide bonds. The third-order valence-electron chi connectivity index (χ3n) is 7.61. The predicted molar refractivity (Wildman–Crippen MR) is 177 cm³/mol. The molecule has 2 saturated heterocycles. The number of carbonyl (C=O) groups is 7. The lowest BCUT2D eigenvalue weighted by Gasteiger charge is -2.48. The van der Waals surface area contributed by atoms with Crippen LogP contribution in [0, 0.1) is 0 Å². The minimum Gasteiger partial charge on any atom is -0.468 e. The molecular formula is C34H44O18S. The standard InChI is InChI=1S/C34H44O18S/c1-16(35)44-14-23-25(27(46-18(3)37)29(48-20(5)39)33(43-8)50-23)52-34-30(49-21(6)40)28(47-19(4)38)26(45-17(2)36)24(51-34)15-53-31(32(41)42-7)22-12-10-9-11-13-22/h9-13,23-31,33-34H,14-15H2,1-8H3/t23-,24-,25-,26+,27+,28+,29-,30-,31?,33-,34+/m1/s1. The monoisotopic (exact) mass is 772 g/mol. The highest BCUT2D eigenvalue weighted by atomic mass is 32.2. The number of hydrogen-bond acceptors (Lipinski definition) is 19. The van der Waals surface area contributed by atoms with E-state index in [1.165, 1.54) is 14.2 Å². The minimum absolute atomic E-state index is 0.135. The smallest absolute Gasteiger partial charge is 0.323 e. The maximum atomic E-state index is 12.9. The number of carbonyl (C=O) groups excluding carboxylic acids is 7. The lowest BCUT2D eigenvalue weighted by atomic mass is 9.96. The van der Waals surface area contributed by atoms with Crippen molar-refractivity contribution in [1.82, 2.24) is 0 Å². The molecule has 53 heavy (non-hydrogen) atoms. The molecule has 0 bridgehead atoms. The van der Waals surface area contributed by atoms with Gasteiger partial charge in [-0.05, 0) is 5.56 Å². The van der Waals surface area contributed by atoms with E-state index in [9.17, 15) is 33.6 Å². The first-order chi connectivity index (χ1) is 25.1. The van der Waals surface area contributed by atoms with Crippen molar-refractivity contribution < 1.29 is 85.7 Å². The number of methoxy groups -OCH3 is 2. The van der Waals surface area contributed by atoms with Crippen molar-refractivity contribution in [3.63, 3.8) is 0 Å². The van der Waals surface area contributed by atoms with Gasteiger partial charge >= 0.3 is 41.8 Å². The fraction of sp³-hybridized carbons (Fsp3) is 0.618. The van der Waals surface area contributed by atoms with Crippen molar-refractivity contribution >= 4 is 53.5 Å². The Morgan fingerprint density at radius 1 is 0.604 bits per heavy atom. The van der Waals surface area contributed by atoms with E-state index in [1.54, 1.807) is 30.3 Å².